The maximum absolute atomic E-state index is 5.94. The van der Waals surface area contributed by atoms with Crippen molar-refractivity contribution in [3.8, 4) is 0 Å². The first-order valence-electron chi connectivity index (χ1n) is 5.94. The Morgan fingerprint density at radius 1 is 1.44 bits per heavy atom. The Kier molecular flexibility index (Phi) is 3.62. The van der Waals surface area contributed by atoms with Crippen molar-refractivity contribution >= 4 is 11.5 Å². The number of rotatable bonds is 4. The molecule has 0 saturated carbocycles. The van der Waals surface area contributed by atoms with Gasteiger partial charge in [-0.15, -0.1) is 0 Å². The molecule has 1 saturated heterocycles. The average molecular weight is 220 g/mol. The Morgan fingerprint density at radius 2 is 2.19 bits per heavy atom. The summed E-state index contributed by atoms with van der Waals surface area (Å²) in [5.74, 6) is 0.819. The first-order valence-corrected chi connectivity index (χ1v) is 5.94. The van der Waals surface area contributed by atoms with Crippen LogP contribution in [0.15, 0.2) is 12.3 Å². The van der Waals surface area contributed by atoms with Crippen LogP contribution >= 0.6 is 0 Å². The molecule has 1 fully saturated rings. The second kappa shape index (κ2) is 5.16. The van der Waals surface area contributed by atoms with Crippen LogP contribution in [0.5, 0.6) is 0 Å². The van der Waals surface area contributed by atoms with Crippen molar-refractivity contribution < 1.29 is 0 Å². The lowest BCUT2D eigenvalue weighted by Gasteiger charge is -2.16. The highest BCUT2D eigenvalue weighted by Crippen LogP contribution is 2.18. The predicted molar refractivity (Wildman–Crippen MR) is 67.6 cm³/mol. The molecule has 1 aromatic heterocycles. The largest absolute Gasteiger partial charge is 0.396 e. The lowest BCUT2D eigenvalue weighted by molar-refractivity contribution is 0.352. The van der Waals surface area contributed by atoms with Gasteiger partial charge >= 0.3 is 0 Å². The third-order valence-corrected chi connectivity index (χ3v) is 3.13. The van der Waals surface area contributed by atoms with E-state index in [1.165, 1.54) is 25.9 Å². The van der Waals surface area contributed by atoms with E-state index >= 15 is 0 Å². The number of nitrogen functional groups attached to an aromatic ring is 1. The van der Waals surface area contributed by atoms with Gasteiger partial charge < -0.3 is 16.0 Å². The zero-order valence-corrected chi connectivity index (χ0v) is 9.87. The number of pyridine rings is 1. The number of hydrogen-bond acceptors (Lipinski definition) is 4. The number of hydrogen-bond donors (Lipinski definition) is 2. The molecule has 1 aromatic rings. The molecule has 16 heavy (non-hydrogen) atoms. The van der Waals surface area contributed by atoms with E-state index in [9.17, 15) is 0 Å². The number of likely N-dealkylation sites (tertiary alicyclic amines) is 1. The number of nitrogens with two attached hydrogens (primary N) is 1. The second-order valence-corrected chi connectivity index (χ2v) is 4.37. The van der Waals surface area contributed by atoms with Crippen molar-refractivity contribution in [1.29, 1.82) is 0 Å². The van der Waals surface area contributed by atoms with E-state index in [4.69, 9.17) is 5.73 Å². The van der Waals surface area contributed by atoms with E-state index in [1.54, 1.807) is 6.20 Å². The quantitative estimate of drug-likeness (QED) is 0.807. The van der Waals surface area contributed by atoms with Crippen LogP contribution < -0.4 is 11.1 Å². The zero-order chi connectivity index (χ0) is 11.4. The van der Waals surface area contributed by atoms with E-state index in [2.05, 4.69) is 15.2 Å². The predicted octanol–water partition coefficient (Wildman–Crippen LogP) is 1.48. The fourth-order valence-electron chi connectivity index (χ4n) is 2.05. The Hall–Kier alpha value is -1.29. The summed E-state index contributed by atoms with van der Waals surface area (Å²) in [6.07, 6.45) is 4.47. The van der Waals surface area contributed by atoms with Crippen LogP contribution in [0, 0.1) is 6.92 Å². The van der Waals surface area contributed by atoms with Crippen molar-refractivity contribution in [2.45, 2.75) is 19.8 Å². The van der Waals surface area contributed by atoms with E-state index in [0.29, 0.717) is 0 Å². The smallest absolute Gasteiger partial charge is 0.149 e. The molecule has 2 rings (SSSR count). The van der Waals surface area contributed by atoms with Gasteiger partial charge in [0.15, 0.2) is 0 Å². The molecule has 3 N–H and O–H groups in total. The molecule has 88 valence electrons. The number of aromatic nitrogens is 1. The molecule has 0 spiro atoms. The first kappa shape index (κ1) is 11.2. The minimum Gasteiger partial charge on any atom is -0.396 e. The van der Waals surface area contributed by atoms with E-state index in [-0.39, 0.29) is 0 Å². The first-order chi connectivity index (χ1) is 7.77. The van der Waals surface area contributed by atoms with E-state index < -0.39 is 0 Å². The fraction of sp³-hybridized carbons (Fsp3) is 0.583. The van der Waals surface area contributed by atoms with Crippen LogP contribution in [0.1, 0.15) is 18.4 Å². The van der Waals surface area contributed by atoms with Crippen molar-refractivity contribution in [3.63, 3.8) is 0 Å². The Balaban J connectivity index is 1.82. The van der Waals surface area contributed by atoms with E-state index in [1.807, 2.05) is 13.0 Å². The third kappa shape index (κ3) is 2.64. The van der Waals surface area contributed by atoms with Gasteiger partial charge in [-0.2, -0.15) is 0 Å². The monoisotopic (exact) mass is 220 g/mol. The van der Waals surface area contributed by atoms with Gasteiger partial charge in [-0.05, 0) is 44.5 Å². The summed E-state index contributed by atoms with van der Waals surface area (Å²) in [7, 11) is 0. The lowest BCUT2D eigenvalue weighted by Crippen LogP contribution is -2.26. The maximum Gasteiger partial charge on any atom is 0.149 e. The summed E-state index contributed by atoms with van der Waals surface area (Å²) >= 11 is 0. The molecule has 0 amide bonds. The Labute approximate surface area is 96.8 Å². The van der Waals surface area contributed by atoms with Crippen molar-refractivity contribution in [3.05, 3.63) is 17.8 Å². The fourth-order valence-corrected chi connectivity index (χ4v) is 2.05. The number of nitrogens with zero attached hydrogens (tertiary/aromatic N) is 2. The van der Waals surface area contributed by atoms with Crippen LogP contribution in [0.3, 0.4) is 0 Å². The molecular formula is C12H20N4. The van der Waals surface area contributed by atoms with Crippen molar-refractivity contribution in [1.82, 2.24) is 9.88 Å². The molecule has 1 aliphatic heterocycles. The van der Waals surface area contributed by atoms with Crippen LogP contribution in [0.25, 0.3) is 0 Å². The van der Waals surface area contributed by atoms with Crippen LogP contribution in [0.4, 0.5) is 11.5 Å². The van der Waals surface area contributed by atoms with Gasteiger partial charge in [0.25, 0.3) is 0 Å². The standard InChI is InChI=1S/C12H20N4/c1-10-4-5-14-12(11(10)13)15-6-9-16-7-2-3-8-16/h4-5H,2-3,6-9,13H2,1H3,(H,14,15). The van der Waals surface area contributed by atoms with Gasteiger partial charge in [0, 0.05) is 19.3 Å². The number of anilines is 2. The van der Waals surface area contributed by atoms with Crippen LogP contribution in [-0.2, 0) is 0 Å². The molecule has 4 nitrogen and oxygen atoms in total. The van der Waals surface area contributed by atoms with Gasteiger partial charge in [-0.25, -0.2) is 4.98 Å². The minimum atomic E-state index is 0.768. The van der Waals surface area contributed by atoms with Crippen molar-refractivity contribution in [2.24, 2.45) is 0 Å². The normalized spacial score (nSPS) is 16.6. The highest BCUT2D eigenvalue weighted by Gasteiger charge is 2.10. The van der Waals surface area contributed by atoms with Crippen molar-refractivity contribution in [2.75, 3.05) is 37.2 Å². The number of nitrogens with one attached hydrogen (secondary N) is 1. The van der Waals surface area contributed by atoms with Crippen LogP contribution in [-0.4, -0.2) is 36.1 Å². The lowest BCUT2D eigenvalue weighted by atomic mass is 10.2. The molecule has 0 radical (unpaired) electrons. The Morgan fingerprint density at radius 3 is 2.94 bits per heavy atom. The van der Waals surface area contributed by atoms with Gasteiger partial charge in [0.05, 0.1) is 5.69 Å². The number of aryl methyl sites for hydroxylation is 1. The summed E-state index contributed by atoms with van der Waals surface area (Å²) in [4.78, 5) is 6.72. The zero-order valence-electron chi connectivity index (χ0n) is 9.87. The minimum absolute atomic E-state index is 0.768. The summed E-state index contributed by atoms with van der Waals surface area (Å²) in [5.41, 5.74) is 7.79. The van der Waals surface area contributed by atoms with E-state index in [0.717, 1.165) is 30.2 Å². The summed E-state index contributed by atoms with van der Waals surface area (Å²) in [6.45, 7) is 6.47. The van der Waals surface area contributed by atoms with Gasteiger partial charge in [-0.3, -0.25) is 0 Å². The molecule has 0 aromatic carbocycles. The average Bonchev–Trinajstić information content (AvgIpc) is 2.77. The third-order valence-electron chi connectivity index (χ3n) is 3.13. The molecule has 0 atom stereocenters. The summed E-state index contributed by atoms with van der Waals surface area (Å²) < 4.78 is 0. The highest BCUT2D eigenvalue weighted by atomic mass is 15.2. The molecule has 0 aliphatic carbocycles. The van der Waals surface area contributed by atoms with Gasteiger partial charge in [-0.1, -0.05) is 0 Å². The van der Waals surface area contributed by atoms with Gasteiger partial charge in [0.2, 0.25) is 0 Å². The molecule has 0 bridgehead atoms. The molecule has 1 aliphatic rings. The van der Waals surface area contributed by atoms with Crippen LogP contribution in [0.2, 0.25) is 0 Å². The Bertz CT molecular complexity index is 345. The SMILES string of the molecule is Cc1ccnc(NCCN2CCCC2)c1N. The summed E-state index contributed by atoms with van der Waals surface area (Å²) in [5, 5.41) is 3.30. The highest BCUT2D eigenvalue weighted by molar-refractivity contribution is 5.64. The maximum atomic E-state index is 5.94. The van der Waals surface area contributed by atoms with Gasteiger partial charge in [0.1, 0.15) is 5.82 Å². The topological polar surface area (TPSA) is 54.2 Å². The molecule has 2 heterocycles. The summed E-state index contributed by atoms with van der Waals surface area (Å²) in [6, 6.07) is 1.93. The molecule has 0 unspecified atom stereocenters. The molecular weight excluding hydrogens is 200 g/mol. The molecule has 4 heteroatoms. The second-order valence-electron chi connectivity index (χ2n) is 4.37.